The van der Waals surface area contributed by atoms with Crippen molar-refractivity contribution in [1.82, 2.24) is 0 Å². The van der Waals surface area contributed by atoms with Crippen LogP contribution in [0.25, 0.3) is 0 Å². The van der Waals surface area contributed by atoms with E-state index in [4.69, 9.17) is 10.5 Å². The van der Waals surface area contributed by atoms with Crippen molar-refractivity contribution in [3.8, 4) is 0 Å². The van der Waals surface area contributed by atoms with E-state index in [2.05, 4.69) is 6.92 Å². The summed E-state index contributed by atoms with van der Waals surface area (Å²) >= 11 is 0. The summed E-state index contributed by atoms with van der Waals surface area (Å²) < 4.78 is 5.26. The number of hydrogen-bond acceptors (Lipinski definition) is 3. The van der Waals surface area contributed by atoms with Gasteiger partial charge in [-0.3, -0.25) is 0 Å². The van der Waals surface area contributed by atoms with Gasteiger partial charge in [-0.15, -0.1) is 0 Å². The number of carbonyl (C=O) groups is 1. The number of esters is 1. The Morgan fingerprint density at radius 1 is 0.818 bits per heavy atom. The highest BCUT2D eigenvalue weighted by molar-refractivity contribution is 5.88. The van der Waals surface area contributed by atoms with Crippen LogP contribution in [0, 0.1) is 0 Å². The predicted molar refractivity (Wildman–Crippen MR) is 94.6 cm³/mol. The van der Waals surface area contributed by atoms with Gasteiger partial charge in [-0.1, -0.05) is 78.1 Å². The monoisotopic (exact) mass is 311 g/mol. The fourth-order valence-corrected chi connectivity index (χ4v) is 2.60. The molecule has 0 bridgehead atoms. The summed E-state index contributed by atoms with van der Waals surface area (Å²) in [6.45, 7) is 6.46. The second-order valence-electron chi connectivity index (χ2n) is 6.19. The van der Waals surface area contributed by atoms with Crippen LogP contribution in [0.4, 0.5) is 0 Å². The van der Waals surface area contributed by atoms with Crippen molar-refractivity contribution in [2.24, 2.45) is 5.73 Å². The van der Waals surface area contributed by atoms with Crippen molar-refractivity contribution in [2.75, 3.05) is 6.61 Å². The highest BCUT2D eigenvalue weighted by atomic mass is 16.5. The van der Waals surface area contributed by atoms with E-state index in [0.717, 1.165) is 12.8 Å². The number of unbranched alkanes of at least 4 members (excludes halogenated alkanes) is 10. The van der Waals surface area contributed by atoms with Crippen LogP contribution in [0.15, 0.2) is 11.3 Å². The maximum Gasteiger partial charge on any atom is 0.335 e. The molecular formula is C19H37NO2. The largest absolute Gasteiger partial charge is 0.462 e. The van der Waals surface area contributed by atoms with Gasteiger partial charge in [0.15, 0.2) is 0 Å². The standard InChI is InChI=1S/C19H37NO2/c1-4-6-7-8-9-10-11-12-13-14-15-16-22-19(21)18(5-2)17(3)20/h4-16,20H2,1-3H3/b18-17+. The Bertz CT molecular complexity index is 307. The fourth-order valence-electron chi connectivity index (χ4n) is 2.60. The lowest BCUT2D eigenvalue weighted by Crippen LogP contribution is -2.13. The Labute approximate surface area is 137 Å². The molecule has 0 saturated carbocycles. The molecule has 0 aromatic rings. The topological polar surface area (TPSA) is 52.3 Å². The zero-order valence-corrected chi connectivity index (χ0v) is 15.1. The Morgan fingerprint density at radius 2 is 1.27 bits per heavy atom. The lowest BCUT2D eigenvalue weighted by Gasteiger charge is -2.08. The van der Waals surface area contributed by atoms with Crippen LogP contribution in [0.3, 0.4) is 0 Å². The van der Waals surface area contributed by atoms with E-state index in [1.165, 1.54) is 57.8 Å². The van der Waals surface area contributed by atoms with Crippen molar-refractivity contribution >= 4 is 5.97 Å². The van der Waals surface area contributed by atoms with Crippen LogP contribution >= 0.6 is 0 Å². The maximum atomic E-state index is 11.7. The van der Waals surface area contributed by atoms with Crippen molar-refractivity contribution in [2.45, 2.75) is 97.8 Å². The third-order valence-electron chi connectivity index (χ3n) is 4.06. The van der Waals surface area contributed by atoms with Crippen molar-refractivity contribution in [3.05, 3.63) is 11.3 Å². The SMILES string of the molecule is CCCCCCCCCCCCCOC(=O)/C(CC)=C(\C)N. The fraction of sp³-hybridized carbons (Fsp3) is 0.842. The first-order chi connectivity index (χ1) is 10.6. The molecule has 0 spiro atoms. The average molecular weight is 312 g/mol. The molecule has 0 atom stereocenters. The summed E-state index contributed by atoms with van der Waals surface area (Å²) in [5.41, 5.74) is 6.85. The molecule has 130 valence electrons. The number of allylic oxidation sites excluding steroid dienone is 1. The summed E-state index contributed by atoms with van der Waals surface area (Å²) in [7, 11) is 0. The minimum atomic E-state index is -0.241. The Morgan fingerprint density at radius 3 is 1.68 bits per heavy atom. The zero-order valence-electron chi connectivity index (χ0n) is 15.1. The lowest BCUT2D eigenvalue weighted by molar-refractivity contribution is -0.139. The summed E-state index contributed by atoms with van der Waals surface area (Å²) in [4.78, 5) is 11.7. The van der Waals surface area contributed by atoms with E-state index in [1.54, 1.807) is 6.92 Å². The highest BCUT2D eigenvalue weighted by Gasteiger charge is 2.10. The van der Waals surface area contributed by atoms with Gasteiger partial charge in [0.25, 0.3) is 0 Å². The van der Waals surface area contributed by atoms with E-state index in [0.29, 0.717) is 24.3 Å². The molecular weight excluding hydrogens is 274 g/mol. The van der Waals surface area contributed by atoms with Crippen molar-refractivity contribution < 1.29 is 9.53 Å². The van der Waals surface area contributed by atoms with Crippen molar-refractivity contribution in [3.63, 3.8) is 0 Å². The Hall–Kier alpha value is -0.990. The van der Waals surface area contributed by atoms with E-state index in [9.17, 15) is 4.79 Å². The number of carbonyl (C=O) groups excluding carboxylic acids is 1. The number of ether oxygens (including phenoxy) is 1. The average Bonchev–Trinajstić information content (AvgIpc) is 2.48. The minimum Gasteiger partial charge on any atom is -0.462 e. The first-order valence-electron chi connectivity index (χ1n) is 9.25. The van der Waals surface area contributed by atoms with E-state index >= 15 is 0 Å². The summed E-state index contributed by atoms with van der Waals surface area (Å²) in [6.07, 6.45) is 14.9. The van der Waals surface area contributed by atoms with Crippen LogP contribution in [0.1, 0.15) is 97.8 Å². The van der Waals surface area contributed by atoms with Gasteiger partial charge >= 0.3 is 5.97 Å². The van der Waals surface area contributed by atoms with Crippen LogP contribution in [0.5, 0.6) is 0 Å². The van der Waals surface area contributed by atoms with E-state index in [-0.39, 0.29) is 5.97 Å². The third-order valence-corrected chi connectivity index (χ3v) is 4.06. The third kappa shape index (κ3) is 11.6. The second-order valence-corrected chi connectivity index (χ2v) is 6.19. The first-order valence-corrected chi connectivity index (χ1v) is 9.25. The molecule has 3 nitrogen and oxygen atoms in total. The molecule has 0 unspecified atom stereocenters. The molecule has 0 radical (unpaired) electrons. The van der Waals surface area contributed by atoms with Crippen LogP contribution < -0.4 is 5.73 Å². The second kappa shape index (κ2) is 14.9. The highest BCUT2D eigenvalue weighted by Crippen LogP contribution is 2.12. The van der Waals surface area contributed by atoms with Gasteiger partial charge in [-0.25, -0.2) is 4.79 Å². The predicted octanol–water partition coefficient (Wildman–Crippen LogP) is 5.48. The molecule has 0 fully saturated rings. The molecule has 0 rings (SSSR count). The van der Waals surface area contributed by atoms with E-state index in [1.807, 2.05) is 6.92 Å². The maximum absolute atomic E-state index is 11.7. The molecule has 0 aliphatic heterocycles. The molecule has 0 aromatic carbocycles. The van der Waals surface area contributed by atoms with E-state index < -0.39 is 0 Å². The molecule has 0 aromatic heterocycles. The lowest BCUT2D eigenvalue weighted by atomic mass is 10.1. The smallest absolute Gasteiger partial charge is 0.335 e. The molecule has 0 amide bonds. The van der Waals surface area contributed by atoms with Crippen molar-refractivity contribution in [1.29, 1.82) is 0 Å². The number of rotatable bonds is 14. The van der Waals surface area contributed by atoms with Crippen LogP contribution in [-0.2, 0) is 9.53 Å². The van der Waals surface area contributed by atoms with Crippen LogP contribution in [0.2, 0.25) is 0 Å². The van der Waals surface area contributed by atoms with Gasteiger partial charge in [-0.05, 0) is 19.8 Å². The van der Waals surface area contributed by atoms with Gasteiger partial charge in [0.2, 0.25) is 0 Å². The minimum absolute atomic E-state index is 0.241. The molecule has 0 saturated heterocycles. The van der Waals surface area contributed by atoms with Gasteiger partial charge in [0.1, 0.15) is 0 Å². The molecule has 2 N–H and O–H groups in total. The van der Waals surface area contributed by atoms with Gasteiger partial charge in [0, 0.05) is 5.70 Å². The normalized spacial score (nSPS) is 12.1. The molecule has 3 heteroatoms. The van der Waals surface area contributed by atoms with Crippen LogP contribution in [-0.4, -0.2) is 12.6 Å². The molecule has 0 aliphatic carbocycles. The summed E-state index contributed by atoms with van der Waals surface area (Å²) in [5.74, 6) is -0.241. The summed E-state index contributed by atoms with van der Waals surface area (Å²) in [6, 6.07) is 0. The quantitative estimate of drug-likeness (QED) is 0.262. The first kappa shape index (κ1) is 21.0. The molecule has 0 aliphatic rings. The summed E-state index contributed by atoms with van der Waals surface area (Å²) in [5, 5.41) is 0. The Kier molecular flexibility index (Phi) is 14.3. The molecule has 22 heavy (non-hydrogen) atoms. The zero-order chi connectivity index (χ0) is 16.6. The molecule has 0 heterocycles. The van der Waals surface area contributed by atoms with Gasteiger partial charge in [-0.2, -0.15) is 0 Å². The Balaban J connectivity index is 3.37. The van der Waals surface area contributed by atoms with Gasteiger partial charge < -0.3 is 10.5 Å². The number of hydrogen-bond donors (Lipinski definition) is 1. The number of nitrogens with two attached hydrogens (primary N) is 1. The van der Waals surface area contributed by atoms with Gasteiger partial charge in [0.05, 0.1) is 12.2 Å².